The summed E-state index contributed by atoms with van der Waals surface area (Å²) in [7, 11) is 0. The lowest BCUT2D eigenvalue weighted by molar-refractivity contribution is 0.0702. The Hall–Kier alpha value is -1.85. The number of rotatable bonds is 13. The summed E-state index contributed by atoms with van der Waals surface area (Å²) in [6.45, 7) is 5.18. The molecule has 1 heterocycles. The minimum absolute atomic E-state index is 0.209. The summed E-state index contributed by atoms with van der Waals surface area (Å²) in [5, 5.41) is 18.0. The smallest absolute Gasteiger partial charge is 0.345 e. The summed E-state index contributed by atoms with van der Waals surface area (Å²) in [6, 6.07) is 10.2. The predicted molar refractivity (Wildman–Crippen MR) is 115 cm³/mol. The van der Waals surface area contributed by atoms with E-state index in [0.29, 0.717) is 17.4 Å². The molecule has 5 heteroatoms. The van der Waals surface area contributed by atoms with Crippen LogP contribution in [0.15, 0.2) is 30.3 Å². The van der Waals surface area contributed by atoms with Crippen molar-refractivity contribution in [2.75, 3.05) is 13.2 Å². The zero-order valence-corrected chi connectivity index (χ0v) is 17.8. The number of hydrogen-bond donors (Lipinski definition) is 2. The number of ether oxygens (including phenoxy) is 1. The van der Waals surface area contributed by atoms with Gasteiger partial charge in [0.05, 0.1) is 6.61 Å². The molecule has 2 aromatic rings. The number of unbranched alkanes of at least 4 members (excludes halogenated alkanes) is 1. The fourth-order valence-corrected chi connectivity index (χ4v) is 4.43. The van der Waals surface area contributed by atoms with Crippen LogP contribution in [-0.2, 0) is 12.8 Å². The Morgan fingerprint density at radius 2 is 1.96 bits per heavy atom. The first kappa shape index (κ1) is 22.4. The summed E-state index contributed by atoms with van der Waals surface area (Å²) in [5.74, 6) is 0.506. The van der Waals surface area contributed by atoms with Crippen LogP contribution < -0.4 is 4.74 Å². The molecule has 1 atom stereocenters. The maximum Gasteiger partial charge on any atom is 0.345 e. The summed E-state index contributed by atoms with van der Waals surface area (Å²) in [5.41, 5.74) is 2.56. The Balaban J connectivity index is 2.01. The molecule has 1 unspecified atom stereocenters. The van der Waals surface area contributed by atoms with E-state index in [1.54, 1.807) is 6.07 Å². The number of carbonyl (C=O) groups is 1. The van der Waals surface area contributed by atoms with Gasteiger partial charge in [0.2, 0.25) is 0 Å². The lowest BCUT2D eigenvalue weighted by Gasteiger charge is -2.15. The first-order valence-electron chi connectivity index (χ1n) is 10.3. The maximum absolute atomic E-state index is 11.1. The summed E-state index contributed by atoms with van der Waals surface area (Å²) in [6.07, 6.45) is 6.69. The zero-order valence-electron chi connectivity index (χ0n) is 16.9. The highest BCUT2D eigenvalue weighted by atomic mass is 32.1. The van der Waals surface area contributed by atoms with Gasteiger partial charge in [-0.3, -0.25) is 0 Å². The van der Waals surface area contributed by atoms with Crippen molar-refractivity contribution in [3.63, 3.8) is 0 Å². The van der Waals surface area contributed by atoms with Gasteiger partial charge in [-0.1, -0.05) is 32.4 Å². The molecule has 0 amide bonds. The number of benzene rings is 1. The van der Waals surface area contributed by atoms with Crippen LogP contribution in [0.1, 0.15) is 77.5 Å². The Morgan fingerprint density at radius 1 is 1.14 bits per heavy atom. The SMILES string of the molecule is CCCc1cc(CCC(CC)c2ccc(C(=O)O)s2)ccc1OCCCCO. The van der Waals surface area contributed by atoms with E-state index < -0.39 is 5.97 Å². The van der Waals surface area contributed by atoms with E-state index >= 15 is 0 Å². The molecule has 154 valence electrons. The van der Waals surface area contributed by atoms with Gasteiger partial charge in [-0.05, 0) is 73.8 Å². The highest BCUT2D eigenvalue weighted by Gasteiger charge is 2.15. The van der Waals surface area contributed by atoms with E-state index in [-0.39, 0.29) is 6.61 Å². The number of carboxylic acid groups (broad SMARTS) is 1. The molecule has 1 aromatic carbocycles. The van der Waals surface area contributed by atoms with Gasteiger partial charge < -0.3 is 14.9 Å². The molecule has 0 radical (unpaired) electrons. The first-order chi connectivity index (χ1) is 13.6. The zero-order chi connectivity index (χ0) is 20.4. The predicted octanol–water partition coefficient (Wildman–Crippen LogP) is 5.68. The highest BCUT2D eigenvalue weighted by Crippen LogP contribution is 2.32. The molecule has 0 saturated carbocycles. The molecule has 0 aliphatic carbocycles. The molecule has 2 N–H and O–H groups in total. The molecule has 1 aromatic heterocycles. The third-order valence-electron chi connectivity index (χ3n) is 4.97. The lowest BCUT2D eigenvalue weighted by atomic mass is 9.94. The molecule has 0 bridgehead atoms. The molecule has 0 spiro atoms. The van der Waals surface area contributed by atoms with E-state index in [0.717, 1.165) is 55.6 Å². The second kappa shape index (κ2) is 11.9. The topological polar surface area (TPSA) is 66.8 Å². The van der Waals surface area contributed by atoms with Gasteiger partial charge in [-0.15, -0.1) is 11.3 Å². The summed E-state index contributed by atoms with van der Waals surface area (Å²) < 4.78 is 5.92. The minimum atomic E-state index is -0.843. The van der Waals surface area contributed by atoms with Crippen LogP contribution in [0.5, 0.6) is 5.75 Å². The van der Waals surface area contributed by atoms with E-state index in [4.69, 9.17) is 14.9 Å². The third kappa shape index (κ3) is 6.64. The summed E-state index contributed by atoms with van der Waals surface area (Å²) >= 11 is 1.40. The Bertz CT molecular complexity index is 738. The fourth-order valence-electron chi connectivity index (χ4n) is 3.37. The van der Waals surface area contributed by atoms with E-state index in [1.807, 2.05) is 6.07 Å². The maximum atomic E-state index is 11.1. The van der Waals surface area contributed by atoms with Gasteiger partial charge in [0.15, 0.2) is 0 Å². The highest BCUT2D eigenvalue weighted by molar-refractivity contribution is 7.14. The molecule has 28 heavy (non-hydrogen) atoms. The normalized spacial score (nSPS) is 12.1. The molecule has 0 aliphatic heterocycles. The average Bonchev–Trinajstić information content (AvgIpc) is 3.18. The molecule has 0 fully saturated rings. The number of aliphatic hydroxyl groups excluding tert-OH is 1. The van der Waals surface area contributed by atoms with Gasteiger partial charge in [0.1, 0.15) is 10.6 Å². The van der Waals surface area contributed by atoms with Crippen molar-refractivity contribution in [2.24, 2.45) is 0 Å². The van der Waals surface area contributed by atoms with Crippen LogP contribution in [0.25, 0.3) is 0 Å². The molecule has 2 rings (SSSR count). The Labute approximate surface area is 172 Å². The van der Waals surface area contributed by atoms with Gasteiger partial charge in [-0.2, -0.15) is 0 Å². The van der Waals surface area contributed by atoms with Crippen molar-refractivity contribution in [2.45, 2.75) is 64.7 Å². The lowest BCUT2D eigenvalue weighted by Crippen LogP contribution is -2.03. The average molecular weight is 405 g/mol. The Kier molecular flexibility index (Phi) is 9.51. The van der Waals surface area contributed by atoms with Crippen molar-refractivity contribution in [3.8, 4) is 5.75 Å². The third-order valence-corrected chi connectivity index (χ3v) is 6.20. The molecule has 0 saturated heterocycles. The van der Waals surface area contributed by atoms with Gasteiger partial charge in [0, 0.05) is 11.5 Å². The first-order valence-corrected chi connectivity index (χ1v) is 11.1. The molecular weight excluding hydrogens is 372 g/mol. The molecular formula is C23H32O4S. The van der Waals surface area contributed by atoms with Crippen LogP contribution in [0.3, 0.4) is 0 Å². The molecule has 0 aliphatic rings. The van der Waals surface area contributed by atoms with Crippen LogP contribution in [0.4, 0.5) is 0 Å². The number of carboxylic acids is 1. The van der Waals surface area contributed by atoms with Gasteiger partial charge in [-0.25, -0.2) is 4.79 Å². The molecule has 4 nitrogen and oxygen atoms in total. The van der Waals surface area contributed by atoms with Crippen LogP contribution >= 0.6 is 11.3 Å². The van der Waals surface area contributed by atoms with E-state index in [2.05, 4.69) is 32.0 Å². The number of aliphatic hydroxyl groups is 1. The number of hydrogen-bond acceptors (Lipinski definition) is 4. The largest absolute Gasteiger partial charge is 0.493 e. The second-order valence-corrected chi connectivity index (χ2v) is 8.24. The van der Waals surface area contributed by atoms with Crippen molar-refractivity contribution >= 4 is 17.3 Å². The monoisotopic (exact) mass is 404 g/mol. The number of thiophene rings is 1. The quantitative estimate of drug-likeness (QED) is 0.422. The van der Waals surface area contributed by atoms with Crippen molar-refractivity contribution in [1.82, 2.24) is 0 Å². The van der Waals surface area contributed by atoms with E-state index in [9.17, 15) is 4.79 Å². The van der Waals surface area contributed by atoms with Crippen LogP contribution in [0, 0.1) is 0 Å². The van der Waals surface area contributed by atoms with Crippen LogP contribution in [-0.4, -0.2) is 29.4 Å². The fraction of sp³-hybridized carbons (Fsp3) is 0.522. The second-order valence-electron chi connectivity index (χ2n) is 7.12. The number of aromatic carboxylic acids is 1. The standard InChI is InChI=1S/C23H32O4S/c1-3-7-19-16-17(9-11-20(19)27-15-6-5-14-24)8-10-18(4-2)21-12-13-22(28-21)23(25)26/h9,11-13,16,18,24H,3-8,10,14-15H2,1-2H3,(H,25,26). The van der Waals surface area contributed by atoms with Crippen LogP contribution in [0.2, 0.25) is 0 Å². The van der Waals surface area contributed by atoms with Gasteiger partial charge >= 0.3 is 5.97 Å². The van der Waals surface area contributed by atoms with E-state index in [1.165, 1.54) is 22.5 Å². The van der Waals surface area contributed by atoms with Crippen molar-refractivity contribution < 1.29 is 19.7 Å². The Morgan fingerprint density at radius 3 is 2.61 bits per heavy atom. The number of aryl methyl sites for hydroxylation is 2. The van der Waals surface area contributed by atoms with Crippen molar-refractivity contribution in [1.29, 1.82) is 0 Å². The summed E-state index contributed by atoms with van der Waals surface area (Å²) in [4.78, 5) is 12.7. The van der Waals surface area contributed by atoms with Crippen molar-refractivity contribution in [3.05, 3.63) is 51.2 Å². The minimum Gasteiger partial charge on any atom is -0.493 e. The van der Waals surface area contributed by atoms with Gasteiger partial charge in [0.25, 0.3) is 0 Å².